The van der Waals surface area contributed by atoms with E-state index < -0.39 is 11.7 Å². The maximum Gasteiger partial charge on any atom is 0.416 e. The molecular formula is C26H21F3N4O3. The molecule has 0 saturated carbocycles. The SMILES string of the molecule is N#Cc1cc(COc2cc3n(c(=O)n2)CC24CCC(CC2)N34)ccc1Oc1cccc(C(F)(F)F)c1. The first-order valence-electron chi connectivity index (χ1n) is 11.7. The Morgan fingerprint density at radius 3 is 2.69 bits per heavy atom. The molecule has 0 amide bonds. The summed E-state index contributed by atoms with van der Waals surface area (Å²) in [5.74, 6) is 1.18. The highest BCUT2D eigenvalue weighted by Gasteiger charge is 2.56. The van der Waals surface area contributed by atoms with Gasteiger partial charge >= 0.3 is 11.9 Å². The molecule has 1 aromatic heterocycles. The van der Waals surface area contributed by atoms with E-state index >= 15 is 0 Å². The second kappa shape index (κ2) is 8.01. The summed E-state index contributed by atoms with van der Waals surface area (Å²) in [4.78, 5) is 19.1. The number of halogens is 3. The molecule has 7 nitrogen and oxygen atoms in total. The zero-order valence-electron chi connectivity index (χ0n) is 19.1. The molecule has 10 heteroatoms. The monoisotopic (exact) mass is 494 g/mol. The van der Waals surface area contributed by atoms with E-state index in [0.29, 0.717) is 18.2 Å². The van der Waals surface area contributed by atoms with Crippen LogP contribution in [0.25, 0.3) is 0 Å². The summed E-state index contributed by atoms with van der Waals surface area (Å²) in [5, 5.41) is 9.56. The number of anilines is 1. The molecule has 0 unspecified atom stereocenters. The third-order valence-corrected chi connectivity index (χ3v) is 7.37. The lowest BCUT2D eigenvalue weighted by atomic mass is 9.88. The Kier molecular flexibility index (Phi) is 5.00. The first-order chi connectivity index (χ1) is 17.3. The molecular weight excluding hydrogens is 473 g/mol. The van der Waals surface area contributed by atoms with E-state index in [4.69, 9.17) is 9.47 Å². The van der Waals surface area contributed by atoms with Gasteiger partial charge in [-0.25, -0.2) is 4.79 Å². The standard InChI is InChI=1S/C26H21F3N4O3/c27-26(28,29)18-2-1-3-20(11-18)36-21-5-4-16(10-17(21)13-30)14-35-22-12-23-32(24(34)31-22)15-25-8-6-19(7-9-25)33(23)25/h1-5,10-12,19H,6-9,14-15H2. The van der Waals surface area contributed by atoms with Crippen LogP contribution in [0.15, 0.2) is 53.3 Å². The van der Waals surface area contributed by atoms with Crippen LogP contribution in [-0.4, -0.2) is 21.1 Å². The summed E-state index contributed by atoms with van der Waals surface area (Å²) in [5.41, 5.74) is -0.364. The Balaban J connectivity index is 1.19. The van der Waals surface area contributed by atoms with Gasteiger partial charge in [-0.05, 0) is 61.6 Å². The number of ether oxygens (including phenoxy) is 2. The van der Waals surface area contributed by atoms with Gasteiger partial charge in [0, 0.05) is 12.1 Å². The number of fused-ring (bicyclic) bond motifs is 1. The fourth-order valence-corrected chi connectivity index (χ4v) is 5.74. The molecule has 2 bridgehead atoms. The van der Waals surface area contributed by atoms with Crippen molar-refractivity contribution in [1.82, 2.24) is 9.55 Å². The van der Waals surface area contributed by atoms with Crippen molar-refractivity contribution in [2.45, 2.75) is 56.6 Å². The number of rotatable bonds is 5. The van der Waals surface area contributed by atoms with Gasteiger partial charge in [-0.2, -0.15) is 23.4 Å². The van der Waals surface area contributed by atoms with Crippen LogP contribution in [0.1, 0.15) is 42.4 Å². The van der Waals surface area contributed by atoms with Gasteiger partial charge in [-0.3, -0.25) is 4.57 Å². The van der Waals surface area contributed by atoms with Crippen molar-refractivity contribution in [3.05, 3.63) is 75.7 Å². The van der Waals surface area contributed by atoms with Crippen molar-refractivity contribution in [2.75, 3.05) is 4.90 Å². The van der Waals surface area contributed by atoms with Crippen molar-refractivity contribution in [2.24, 2.45) is 0 Å². The molecule has 0 spiro atoms. The van der Waals surface area contributed by atoms with Crippen LogP contribution in [0, 0.1) is 11.3 Å². The van der Waals surface area contributed by atoms with Gasteiger partial charge in [-0.15, -0.1) is 0 Å². The van der Waals surface area contributed by atoms with Crippen molar-refractivity contribution in [3.8, 4) is 23.4 Å². The number of alkyl halides is 3. The third-order valence-electron chi connectivity index (χ3n) is 7.37. The molecule has 0 atom stereocenters. The summed E-state index contributed by atoms with van der Waals surface area (Å²) in [6, 6.07) is 13.4. The maximum absolute atomic E-state index is 13.0. The van der Waals surface area contributed by atoms with Crippen LogP contribution in [0.3, 0.4) is 0 Å². The van der Waals surface area contributed by atoms with E-state index in [1.165, 1.54) is 18.2 Å². The summed E-state index contributed by atoms with van der Waals surface area (Å²) in [6.07, 6.45) is -0.0552. The molecule has 184 valence electrons. The predicted octanol–water partition coefficient (Wildman–Crippen LogP) is 5.02. The van der Waals surface area contributed by atoms with Crippen LogP contribution in [-0.2, 0) is 19.3 Å². The first-order valence-corrected chi connectivity index (χ1v) is 11.7. The minimum absolute atomic E-state index is 0.0261. The van der Waals surface area contributed by atoms with E-state index in [0.717, 1.165) is 43.6 Å². The molecule has 2 saturated heterocycles. The summed E-state index contributed by atoms with van der Waals surface area (Å²) in [7, 11) is 0. The fraction of sp³-hybridized carbons (Fsp3) is 0.346. The molecule has 3 aliphatic heterocycles. The quantitative estimate of drug-likeness (QED) is 0.496. The van der Waals surface area contributed by atoms with Crippen LogP contribution in [0.4, 0.5) is 19.0 Å². The van der Waals surface area contributed by atoms with Crippen LogP contribution in [0.2, 0.25) is 0 Å². The first kappa shape index (κ1) is 22.5. The second-order valence-electron chi connectivity index (χ2n) is 9.51. The Morgan fingerprint density at radius 1 is 1.14 bits per heavy atom. The number of nitrogens with zero attached hydrogens (tertiary/aromatic N) is 4. The topological polar surface area (TPSA) is 80.4 Å². The minimum atomic E-state index is -4.50. The average Bonchev–Trinajstić information content (AvgIpc) is 3.49. The zero-order valence-corrected chi connectivity index (χ0v) is 19.1. The number of aromatic nitrogens is 2. The molecule has 6 rings (SSSR count). The maximum atomic E-state index is 13.0. The molecule has 36 heavy (non-hydrogen) atoms. The van der Waals surface area contributed by atoms with Crippen molar-refractivity contribution >= 4 is 5.82 Å². The van der Waals surface area contributed by atoms with Crippen molar-refractivity contribution in [3.63, 3.8) is 0 Å². The lowest BCUT2D eigenvalue weighted by Crippen LogP contribution is -2.38. The minimum Gasteiger partial charge on any atom is -0.473 e. The zero-order chi connectivity index (χ0) is 25.1. The molecule has 0 radical (unpaired) electrons. The molecule has 2 fully saturated rings. The van der Waals surface area contributed by atoms with E-state index in [-0.39, 0.29) is 40.8 Å². The smallest absolute Gasteiger partial charge is 0.416 e. The third kappa shape index (κ3) is 3.66. The molecule has 0 aliphatic carbocycles. The van der Waals surface area contributed by atoms with Gasteiger partial charge in [0.2, 0.25) is 5.88 Å². The number of benzene rings is 2. The summed E-state index contributed by atoms with van der Waals surface area (Å²) in [6.45, 7) is 0.729. The van der Waals surface area contributed by atoms with E-state index in [1.807, 2.05) is 12.1 Å². The molecule has 0 N–H and O–H groups in total. The van der Waals surface area contributed by atoms with Crippen molar-refractivity contribution < 1.29 is 22.6 Å². The average molecular weight is 494 g/mol. The lowest BCUT2D eigenvalue weighted by molar-refractivity contribution is -0.137. The summed E-state index contributed by atoms with van der Waals surface area (Å²) < 4.78 is 52.1. The van der Waals surface area contributed by atoms with Crippen LogP contribution >= 0.6 is 0 Å². The second-order valence-corrected chi connectivity index (χ2v) is 9.51. The van der Waals surface area contributed by atoms with Crippen molar-refractivity contribution in [1.29, 1.82) is 5.26 Å². The number of hydrogen-bond donors (Lipinski definition) is 0. The van der Waals surface area contributed by atoms with E-state index in [1.54, 1.807) is 16.7 Å². The van der Waals surface area contributed by atoms with Gasteiger partial charge < -0.3 is 14.4 Å². The number of hydrogen-bond acceptors (Lipinski definition) is 6. The van der Waals surface area contributed by atoms with Gasteiger partial charge in [-0.1, -0.05) is 12.1 Å². The van der Waals surface area contributed by atoms with E-state index in [9.17, 15) is 23.2 Å². The molecule has 4 heterocycles. The lowest BCUT2D eigenvalue weighted by Gasteiger charge is -2.27. The van der Waals surface area contributed by atoms with Crippen LogP contribution in [0.5, 0.6) is 17.4 Å². The Labute approximate surface area is 204 Å². The van der Waals surface area contributed by atoms with Gasteiger partial charge in [0.25, 0.3) is 0 Å². The largest absolute Gasteiger partial charge is 0.473 e. The van der Waals surface area contributed by atoms with Gasteiger partial charge in [0.05, 0.1) is 23.2 Å². The highest BCUT2D eigenvalue weighted by molar-refractivity contribution is 5.54. The van der Waals surface area contributed by atoms with E-state index in [2.05, 4.69) is 9.88 Å². The molecule has 3 aromatic rings. The highest BCUT2D eigenvalue weighted by Crippen LogP contribution is 2.53. The predicted molar refractivity (Wildman–Crippen MR) is 123 cm³/mol. The Bertz CT molecular complexity index is 1450. The highest BCUT2D eigenvalue weighted by atomic mass is 19.4. The number of nitriles is 1. The molecule has 3 aliphatic rings. The van der Waals surface area contributed by atoms with Gasteiger partial charge in [0.15, 0.2) is 0 Å². The molecule has 2 aromatic carbocycles. The summed E-state index contributed by atoms with van der Waals surface area (Å²) >= 11 is 0. The normalized spacial score (nSPS) is 21.7. The van der Waals surface area contributed by atoms with Gasteiger partial charge in [0.1, 0.15) is 30.0 Å². The fourth-order valence-electron chi connectivity index (χ4n) is 5.74. The Hall–Kier alpha value is -4.00. The Morgan fingerprint density at radius 2 is 1.94 bits per heavy atom. The van der Waals surface area contributed by atoms with Crippen LogP contribution < -0.4 is 20.1 Å².